The lowest BCUT2D eigenvalue weighted by atomic mass is 10.0. The van der Waals surface area contributed by atoms with Gasteiger partial charge >= 0.3 is 69.0 Å². The van der Waals surface area contributed by atoms with Crippen LogP contribution in [0.25, 0.3) is 10.8 Å². The van der Waals surface area contributed by atoms with Gasteiger partial charge in [0, 0.05) is 91.0 Å². The second kappa shape index (κ2) is 59.3. The van der Waals surface area contributed by atoms with E-state index >= 15 is 0 Å². The van der Waals surface area contributed by atoms with Crippen LogP contribution in [0.1, 0.15) is 263 Å². The summed E-state index contributed by atoms with van der Waals surface area (Å²) in [5.74, 6) is -9.83. The maximum atomic E-state index is 14.9. The first-order chi connectivity index (χ1) is 68.0. The summed E-state index contributed by atoms with van der Waals surface area (Å²) in [5.41, 5.74) is -8.44. The monoisotopic (exact) mass is 2120 g/mol. The predicted octanol–water partition coefficient (Wildman–Crippen LogP) is 10.5. The number of amides is 8. The molecule has 0 aliphatic carbocycles. The zero-order valence-corrected chi connectivity index (χ0v) is 93.6. The third kappa shape index (κ3) is 53.1. The van der Waals surface area contributed by atoms with Gasteiger partial charge in [-0.3, -0.25) is 81.5 Å². The second-order valence-corrected chi connectivity index (χ2v) is 48.3. The Morgan fingerprint density at radius 2 is 0.701 bits per heavy atom. The molecule has 2 unspecified atom stereocenters. The molecule has 44 heteroatoms. The molecule has 0 aromatic heterocycles. The number of nitrogens with one attached hydrogen (secondary N) is 8. The molecule has 1 aliphatic heterocycles. The van der Waals surface area contributed by atoms with Crippen molar-refractivity contribution in [2.75, 3.05) is 118 Å². The molecule has 1 fully saturated rings. The van der Waals surface area contributed by atoms with E-state index in [2.05, 4.69) is 42.5 Å². The fourth-order valence-electron chi connectivity index (χ4n) is 14.9. The molecule has 830 valence electrons. The van der Waals surface area contributed by atoms with Crippen LogP contribution in [0, 0.1) is 0 Å². The number of ether oxygens (including phenoxy) is 9. The smallest absolute Gasteiger partial charge is 0.365 e. The van der Waals surface area contributed by atoms with Crippen LogP contribution in [0.15, 0.2) is 66.7 Å². The van der Waals surface area contributed by atoms with Crippen LogP contribution in [0.3, 0.4) is 0 Å². The summed E-state index contributed by atoms with van der Waals surface area (Å²) in [5, 5.41) is 23.0. The SMILES string of the molecule is CCOP(=O)(OCC)C(NC(=O)CNC(=O)CCC(C(=O)OC(C)(C)C)N1CCN(CC(=O)OC(C)(C)C)CCN(C(CCC(=O)NCC(=O)N[C@H](Cc2ccc(OCC(=O)N[C@@H](Cc3ccc4ccccc4c3)C(=O)NCCCC[C@H](NC(=O)N[C@@H](CCC(=O)OC(C)(C)C)C(=O)OC(C)(C)C)C(=O)OC(C)(C)C)cc2)C(=O)OC(C)(C)C)C(=O)OC(C)(C)C)CCN(CC(=O)OC(C)(C)C)CC1)P(=O)(OCC)OCC. The fourth-order valence-corrected chi connectivity index (χ4v) is 19.9. The highest BCUT2D eigenvalue weighted by Crippen LogP contribution is 2.69. The Hall–Kier alpha value is -10.3. The van der Waals surface area contributed by atoms with E-state index in [1.165, 1.54) is 27.7 Å². The molecule has 4 rings (SSSR count). The number of hydrogen-bond donors (Lipinski definition) is 8. The summed E-state index contributed by atoms with van der Waals surface area (Å²) in [6.45, 7) is 43.3. The quantitative estimate of drug-likeness (QED) is 0.0113. The number of carbonyl (C=O) groups excluding carboxylic acids is 15. The maximum Gasteiger partial charge on any atom is 0.365 e. The highest BCUT2D eigenvalue weighted by molar-refractivity contribution is 7.72. The fraction of sp³-hybridized carbons (Fsp3) is 0.699. The number of carbonyl (C=O) groups is 15. The number of esters is 8. The lowest BCUT2D eigenvalue weighted by Gasteiger charge is -2.38. The van der Waals surface area contributed by atoms with Gasteiger partial charge < -0.3 is 103 Å². The van der Waals surface area contributed by atoms with Crippen LogP contribution in [0.5, 0.6) is 5.75 Å². The molecule has 0 bridgehead atoms. The van der Waals surface area contributed by atoms with Crippen LogP contribution in [-0.2, 0) is 145 Å². The summed E-state index contributed by atoms with van der Waals surface area (Å²) in [6, 6.07) is 11.3. The van der Waals surface area contributed by atoms with E-state index in [9.17, 15) is 81.0 Å². The molecular weight excluding hydrogens is 1950 g/mol. The molecule has 42 nitrogen and oxygen atoms in total. The van der Waals surface area contributed by atoms with E-state index < -0.39 is 211 Å². The summed E-state index contributed by atoms with van der Waals surface area (Å²) >= 11 is 0. The van der Waals surface area contributed by atoms with E-state index in [-0.39, 0.29) is 175 Å². The predicted molar refractivity (Wildman–Crippen MR) is 551 cm³/mol. The van der Waals surface area contributed by atoms with Crippen LogP contribution >= 0.6 is 15.2 Å². The number of hydrogen-bond acceptors (Lipinski definition) is 34. The van der Waals surface area contributed by atoms with E-state index in [0.717, 1.165) is 16.3 Å². The number of nitrogens with zero attached hydrogens (tertiary/aromatic N) is 4. The van der Waals surface area contributed by atoms with Crippen LogP contribution in [0.4, 0.5) is 4.79 Å². The standard InChI is InChI=1S/C103H168N12O30P2/c1-29-134-146(131,135-30-2)95(147(132,136-31-3)137-32-4)111-83(119)65-106-81(117)50-48-79(93(129)145-103(26,27)28)115-59-55-112(66-86(122)139-97(8,9)10)53-57-114(58-54-113(56-60-115)67-87(123)140-98(11,12)13)78(92(128)144-102(23,24)25)47-49-80(116)105-64-82(118)108-77(91(127)143-101(20,21)22)62-69-41-44-73(45-42-69)133-68-84(120)107-76(63-70-40-43-71-37-33-34-38-72(71)61-70)88(124)104-52-36-35-39-74(89(125)141-99(14,15)16)109-94(130)110-75(90(126)142-100(17,18)19)46-51-85(121)138-96(5,6)7/h33-34,37-38,40-45,61,74-79,95H,29-32,35-36,39,46-60,62-68H2,1-28H3,(H,104,124)(H,105,116)(H,106,117)(H,107,120)(H,108,118)(H,111,119)(H2,109,110,130)/t74-,75-,76-,77+,78?,79?/m0/s1. The number of urea groups is 1. The summed E-state index contributed by atoms with van der Waals surface area (Å²) in [6.07, 6.45) is -1.07. The van der Waals surface area contributed by atoms with E-state index in [1.807, 2.05) is 42.5 Å². The Bertz CT molecular complexity index is 4830. The normalized spacial score (nSPS) is 15.2. The summed E-state index contributed by atoms with van der Waals surface area (Å²) in [7, 11) is -8.93. The first-order valence-corrected chi connectivity index (χ1v) is 53.7. The van der Waals surface area contributed by atoms with Crippen molar-refractivity contribution < 1.29 is 142 Å². The van der Waals surface area contributed by atoms with Crippen molar-refractivity contribution in [1.29, 1.82) is 0 Å². The average Bonchev–Trinajstić information content (AvgIpc) is 0.780. The largest absolute Gasteiger partial charge is 0.484 e. The molecule has 6 atom stereocenters. The van der Waals surface area contributed by atoms with Gasteiger partial charge in [0.1, 0.15) is 86.8 Å². The van der Waals surface area contributed by atoms with Gasteiger partial charge in [-0.15, -0.1) is 0 Å². The zero-order valence-electron chi connectivity index (χ0n) is 91.8. The van der Waals surface area contributed by atoms with Crippen molar-refractivity contribution in [2.24, 2.45) is 0 Å². The summed E-state index contributed by atoms with van der Waals surface area (Å²) in [4.78, 5) is 216. The molecule has 147 heavy (non-hydrogen) atoms. The van der Waals surface area contributed by atoms with Gasteiger partial charge in [-0.2, -0.15) is 0 Å². The minimum absolute atomic E-state index is 0.00734. The third-order valence-electron chi connectivity index (χ3n) is 20.8. The summed E-state index contributed by atoms with van der Waals surface area (Å²) < 4.78 is 103. The number of unbranched alkanes of at least 4 members (excludes halogenated alkanes) is 1. The van der Waals surface area contributed by atoms with Gasteiger partial charge in [-0.25, -0.2) is 19.2 Å². The van der Waals surface area contributed by atoms with Crippen LogP contribution in [-0.4, -0.2) is 314 Å². The Kier molecular flexibility index (Phi) is 52.1. The second-order valence-electron chi connectivity index (χ2n) is 43.7. The molecule has 1 saturated heterocycles. The van der Waals surface area contributed by atoms with E-state index in [1.54, 1.807) is 210 Å². The number of benzene rings is 3. The first kappa shape index (κ1) is 129. The molecular formula is C103H168N12O30P2. The molecule has 0 saturated carbocycles. The Labute approximate surface area is 867 Å². The minimum Gasteiger partial charge on any atom is -0.484 e. The maximum absolute atomic E-state index is 14.9. The van der Waals surface area contributed by atoms with Crippen molar-refractivity contribution in [1.82, 2.24) is 62.1 Å². The van der Waals surface area contributed by atoms with Crippen LogP contribution in [0.2, 0.25) is 0 Å². The van der Waals surface area contributed by atoms with Crippen LogP contribution < -0.4 is 47.3 Å². The van der Waals surface area contributed by atoms with Gasteiger partial charge in [0.15, 0.2) is 6.61 Å². The highest BCUT2D eigenvalue weighted by Gasteiger charge is 2.52. The van der Waals surface area contributed by atoms with Gasteiger partial charge in [0.2, 0.25) is 35.1 Å². The van der Waals surface area contributed by atoms with Crippen molar-refractivity contribution in [3.8, 4) is 5.75 Å². The average molecular weight is 2120 g/mol. The molecule has 0 spiro atoms. The first-order valence-electron chi connectivity index (χ1n) is 50.5. The van der Waals surface area contributed by atoms with Gasteiger partial charge in [0.25, 0.3) is 5.91 Å². The lowest BCUT2D eigenvalue weighted by molar-refractivity contribution is -0.164. The van der Waals surface area contributed by atoms with Crippen molar-refractivity contribution in [2.45, 2.75) is 351 Å². The number of rotatable bonds is 52. The lowest BCUT2D eigenvalue weighted by Crippen LogP contribution is -2.54. The molecule has 1 heterocycles. The number of fused-ring (bicyclic) bond motifs is 1. The van der Waals surface area contributed by atoms with E-state index in [4.69, 9.17) is 60.7 Å². The molecule has 3 aromatic carbocycles. The van der Waals surface area contributed by atoms with Gasteiger partial charge in [-0.05, 0) is 266 Å². The molecule has 0 radical (unpaired) electrons. The molecule has 8 N–H and O–H groups in total. The Balaban J connectivity index is 1.58. The van der Waals surface area contributed by atoms with Gasteiger partial charge in [-0.1, -0.05) is 54.6 Å². The molecule has 8 amide bonds. The van der Waals surface area contributed by atoms with Crippen molar-refractivity contribution >= 4 is 115 Å². The van der Waals surface area contributed by atoms with Crippen molar-refractivity contribution in [3.05, 3.63) is 77.9 Å². The van der Waals surface area contributed by atoms with Crippen molar-refractivity contribution in [3.63, 3.8) is 0 Å². The highest BCUT2D eigenvalue weighted by atomic mass is 31.2. The topological polar surface area (TPSA) is 519 Å². The van der Waals surface area contributed by atoms with E-state index in [0.29, 0.717) is 5.56 Å². The molecule has 3 aromatic rings. The Morgan fingerprint density at radius 1 is 0.340 bits per heavy atom. The minimum atomic E-state index is -4.47. The Morgan fingerprint density at radius 3 is 1.11 bits per heavy atom. The molecule has 1 aliphatic rings. The third-order valence-corrected chi connectivity index (χ3v) is 26.5. The zero-order chi connectivity index (χ0) is 111. The van der Waals surface area contributed by atoms with Gasteiger partial charge in [0.05, 0.1) is 52.6 Å².